The summed E-state index contributed by atoms with van der Waals surface area (Å²) < 4.78 is 0. The van der Waals surface area contributed by atoms with Gasteiger partial charge in [-0.15, -0.1) is 0 Å². The fourth-order valence-corrected chi connectivity index (χ4v) is 3.64. The zero-order valence-electron chi connectivity index (χ0n) is 10.8. The summed E-state index contributed by atoms with van der Waals surface area (Å²) in [6.45, 7) is 0. The molecule has 2 aliphatic heterocycles. The van der Waals surface area contributed by atoms with Crippen LogP contribution >= 0.6 is 23.2 Å². The fraction of sp³-hybridized carbons (Fsp3) is 0.188. The number of likely N-dealkylation sites (N-methyl/N-ethyl adjacent to an activating group) is 1. The molecule has 100 valence electrons. The van der Waals surface area contributed by atoms with E-state index in [2.05, 4.69) is 36.3 Å². The second-order valence-electron chi connectivity index (χ2n) is 5.21. The highest BCUT2D eigenvalue weighted by atomic mass is 35.5. The Morgan fingerprint density at radius 1 is 1.15 bits per heavy atom. The highest BCUT2D eigenvalue weighted by molar-refractivity contribution is 6.35. The van der Waals surface area contributed by atoms with Crippen LogP contribution in [-0.4, -0.2) is 23.7 Å². The lowest BCUT2D eigenvalue weighted by molar-refractivity contribution is 0.364. The highest BCUT2D eigenvalue weighted by Crippen LogP contribution is 2.44. The van der Waals surface area contributed by atoms with Gasteiger partial charge in [-0.2, -0.15) is 0 Å². The van der Waals surface area contributed by atoms with Crippen LogP contribution in [0, 0.1) is 5.92 Å². The second kappa shape index (κ2) is 4.24. The molecule has 0 spiro atoms. The summed E-state index contributed by atoms with van der Waals surface area (Å²) in [7, 11) is 2.10. The molecule has 4 aliphatic rings. The lowest BCUT2D eigenvalue weighted by Gasteiger charge is -2.37. The summed E-state index contributed by atoms with van der Waals surface area (Å²) in [5, 5.41) is 1.46. The van der Waals surface area contributed by atoms with E-state index < -0.39 is 0 Å². The summed E-state index contributed by atoms with van der Waals surface area (Å²) in [6, 6.07) is 0.190. The van der Waals surface area contributed by atoms with E-state index in [4.69, 9.17) is 28.2 Å². The van der Waals surface area contributed by atoms with Gasteiger partial charge in [-0.25, -0.2) is 4.99 Å². The zero-order chi connectivity index (χ0) is 13.9. The van der Waals surface area contributed by atoms with Crippen LogP contribution in [0.5, 0.6) is 0 Å². The number of rotatable bonds is 0. The molecule has 0 aromatic rings. The van der Waals surface area contributed by atoms with Crippen LogP contribution in [0.3, 0.4) is 0 Å². The lowest BCUT2D eigenvalue weighted by atomic mass is 9.89. The van der Waals surface area contributed by atoms with Crippen LogP contribution in [0.1, 0.15) is 0 Å². The Balaban J connectivity index is 1.89. The average Bonchev–Trinajstić information content (AvgIpc) is 2.83. The van der Waals surface area contributed by atoms with Crippen molar-refractivity contribution in [2.24, 2.45) is 10.9 Å². The number of allylic oxidation sites excluding steroid dienone is 7. The Labute approximate surface area is 127 Å². The van der Waals surface area contributed by atoms with Gasteiger partial charge in [0.15, 0.2) is 0 Å². The van der Waals surface area contributed by atoms with Gasteiger partial charge < -0.3 is 4.90 Å². The molecule has 0 bridgehead atoms. The van der Waals surface area contributed by atoms with Gasteiger partial charge in [0.25, 0.3) is 0 Å². The van der Waals surface area contributed by atoms with Crippen LogP contribution in [-0.2, 0) is 0 Å². The quantitative estimate of drug-likeness (QED) is 0.663. The topological polar surface area (TPSA) is 15.6 Å². The van der Waals surface area contributed by atoms with Gasteiger partial charge in [0.05, 0.1) is 28.4 Å². The second-order valence-corrected chi connectivity index (χ2v) is 6.02. The van der Waals surface area contributed by atoms with Crippen LogP contribution in [0.15, 0.2) is 74.6 Å². The lowest BCUT2D eigenvalue weighted by Crippen LogP contribution is -2.37. The maximum absolute atomic E-state index is 6.58. The molecule has 4 heteroatoms. The molecule has 0 amide bonds. The standard InChI is InChI=1S/C16H12Cl2N2/c1-20-13-5-3-2-4-11(13)14(18)15-16(20)10-7-6-9(17)8-12(10)19-15/h2-8,10,13H,1H3. The van der Waals surface area contributed by atoms with Crippen molar-refractivity contribution in [2.45, 2.75) is 6.04 Å². The molecule has 0 aromatic carbocycles. The summed E-state index contributed by atoms with van der Waals surface area (Å²) in [5.41, 5.74) is 4.13. The molecule has 20 heavy (non-hydrogen) atoms. The predicted molar refractivity (Wildman–Crippen MR) is 83.7 cm³/mol. The van der Waals surface area contributed by atoms with E-state index in [-0.39, 0.29) is 12.0 Å². The summed E-state index contributed by atoms with van der Waals surface area (Å²) in [5.74, 6) is 0.159. The van der Waals surface area contributed by atoms with Crippen molar-refractivity contribution in [3.8, 4) is 0 Å². The van der Waals surface area contributed by atoms with Crippen molar-refractivity contribution in [3.63, 3.8) is 0 Å². The van der Waals surface area contributed by atoms with Gasteiger partial charge in [0.2, 0.25) is 0 Å². The Kier molecular flexibility index (Phi) is 2.60. The van der Waals surface area contributed by atoms with E-state index in [1.807, 2.05) is 18.2 Å². The fourth-order valence-electron chi connectivity index (χ4n) is 3.14. The number of hydrogen-bond donors (Lipinski definition) is 0. The monoisotopic (exact) mass is 302 g/mol. The number of fused-ring (bicyclic) bond motifs is 3. The number of nitrogens with zero attached hydrogens (tertiary/aromatic N) is 2. The van der Waals surface area contributed by atoms with Crippen molar-refractivity contribution in [2.75, 3.05) is 7.05 Å². The van der Waals surface area contributed by atoms with Gasteiger partial charge in [-0.1, -0.05) is 53.6 Å². The van der Waals surface area contributed by atoms with Crippen molar-refractivity contribution >= 4 is 28.9 Å². The SMILES string of the molecule is CN1C2=C(N=C3C=C(Cl)C=CC32)C(Cl)=C2C=CC=CC21. The normalized spacial score (nSPS) is 30.2. The molecule has 2 atom stereocenters. The maximum atomic E-state index is 6.58. The number of aliphatic imine (C=N–C) groups is 1. The van der Waals surface area contributed by atoms with Crippen LogP contribution in [0.25, 0.3) is 0 Å². The molecule has 0 N–H and O–H groups in total. The molecule has 2 nitrogen and oxygen atoms in total. The Morgan fingerprint density at radius 3 is 2.85 bits per heavy atom. The van der Waals surface area contributed by atoms with Crippen LogP contribution < -0.4 is 0 Å². The molecular formula is C16H12Cl2N2. The van der Waals surface area contributed by atoms with Crippen molar-refractivity contribution in [3.05, 3.63) is 69.6 Å². The number of hydrogen-bond acceptors (Lipinski definition) is 2. The van der Waals surface area contributed by atoms with Gasteiger partial charge >= 0.3 is 0 Å². The van der Waals surface area contributed by atoms with E-state index in [9.17, 15) is 0 Å². The minimum atomic E-state index is 0.159. The smallest absolute Gasteiger partial charge is 0.102 e. The summed E-state index contributed by atoms with van der Waals surface area (Å²) in [6.07, 6.45) is 14.2. The first-order valence-electron chi connectivity index (χ1n) is 6.52. The van der Waals surface area contributed by atoms with Crippen molar-refractivity contribution in [1.82, 2.24) is 4.90 Å². The molecular weight excluding hydrogens is 291 g/mol. The zero-order valence-corrected chi connectivity index (χ0v) is 12.4. The molecule has 2 aliphatic carbocycles. The average molecular weight is 303 g/mol. The van der Waals surface area contributed by atoms with E-state index in [1.165, 1.54) is 0 Å². The molecule has 0 saturated carbocycles. The molecule has 0 radical (unpaired) electrons. The molecule has 0 aromatic heterocycles. The van der Waals surface area contributed by atoms with E-state index in [0.717, 1.165) is 27.7 Å². The summed E-state index contributed by atoms with van der Waals surface area (Å²) in [4.78, 5) is 6.96. The van der Waals surface area contributed by atoms with E-state index in [0.29, 0.717) is 5.03 Å². The van der Waals surface area contributed by atoms with E-state index >= 15 is 0 Å². The Hall–Kier alpha value is -1.51. The first-order chi connectivity index (χ1) is 9.66. The van der Waals surface area contributed by atoms with Gasteiger partial charge in [-0.05, 0) is 17.7 Å². The molecule has 2 heterocycles. The predicted octanol–water partition coefficient (Wildman–Crippen LogP) is 3.89. The number of halogens is 2. The largest absolute Gasteiger partial charge is 0.365 e. The van der Waals surface area contributed by atoms with Crippen LogP contribution in [0.4, 0.5) is 0 Å². The minimum Gasteiger partial charge on any atom is -0.365 e. The first kappa shape index (κ1) is 12.2. The van der Waals surface area contributed by atoms with Crippen molar-refractivity contribution < 1.29 is 0 Å². The van der Waals surface area contributed by atoms with Gasteiger partial charge in [-0.3, -0.25) is 0 Å². The molecule has 2 unspecified atom stereocenters. The Morgan fingerprint density at radius 2 is 2.00 bits per heavy atom. The third kappa shape index (κ3) is 1.55. The Bertz CT molecular complexity index is 717. The van der Waals surface area contributed by atoms with E-state index in [1.54, 1.807) is 0 Å². The molecule has 0 saturated heterocycles. The molecule has 4 rings (SSSR count). The van der Waals surface area contributed by atoms with Crippen LogP contribution in [0.2, 0.25) is 0 Å². The highest BCUT2D eigenvalue weighted by Gasteiger charge is 2.39. The van der Waals surface area contributed by atoms with Gasteiger partial charge in [0, 0.05) is 12.1 Å². The maximum Gasteiger partial charge on any atom is 0.102 e. The summed E-state index contributed by atoms with van der Waals surface area (Å²) >= 11 is 12.7. The van der Waals surface area contributed by atoms with Crippen molar-refractivity contribution in [1.29, 1.82) is 0 Å². The van der Waals surface area contributed by atoms with Gasteiger partial charge in [0.1, 0.15) is 5.70 Å². The molecule has 0 fully saturated rings. The first-order valence-corrected chi connectivity index (χ1v) is 7.28. The minimum absolute atomic E-state index is 0.159. The third-order valence-corrected chi connectivity index (χ3v) is 4.72. The third-order valence-electron chi connectivity index (χ3n) is 4.09.